The maximum absolute atomic E-state index is 13.5. The first-order valence-electron chi connectivity index (χ1n) is 8.45. The molecule has 11 heteroatoms. The summed E-state index contributed by atoms with van der Waals surface area (Å²) in [5.74, 6) is -2.21. The molecule has 9 nitrogen and oxygen atoms in total. The van der Waals surface area contributed by atoms with Gasteiger partial charge < -0.3 is 15.5 Å². The Kier molecular flexibility index (Phi) is 6.40. The molecule has 1 aliphatic rings. The number of hydrogen-bond donors (Lipinski definition) is 2. The van der Waals surface area contributed by atoms with Gasteiger partial charge in [-0.05, 0) is 13.0 Å². The molecule has 1 aliphatic heterocycles. The van der Waals surface area contributed by atoms with Crippen molar-refractivity contribution in [1.82, 2.24) is 19.8 Å². The van der Waals surface area contributed by atoms with E-state index in [9.17, 15) is 27.2 Å². The van der Waals surface area contributed by atoms with E-state index >= 15 is 0 Å². The second kappa shape index (κ2) is 8.23. The summed E-state index contributed by atoms with van der Waals surface area (Å²) in [5.41, 5.74) is -1.17. The first-order chi connectivity index (χ1) is 12.9. The summed E-state index contributed by atoms with van der Waals surface area (Å²) < 4.78 is 38.1. The normalized spacial score (nSPS) is 20.7. The molecule has 1 aromatic carbocycles. The fourth-order valence-corrected chi connectivity index (χ4v) is 3.58. The summed E-state index contributed by atoms with van der Waals surface area (Å²) >= 11 is 0. The van der Waals surface area contributed by atoms with Crippen molar-refractivity contribution in [1.29, 1.82) is 0 Å². The molecule has 1 fully saturated rings. The molecule has 1 aromatic rings. The first-order valence-corrected chi connectivity index (χ1v) is 10.3. The minimum Gasteiger partial charge on any atom is -0.350 e. The van der Waals surface area contributed by atoms with E-state index < -0.39 is 45.6 Å². The molecular weight excluding hydrogens is 391 g/mol. The Hall–Kier alpha value is -2.53. The van der Waals surface area contributed by atoms with E-state index in [1.165, 1.54) is 37.1 Å². The van der Waals surface area contributed by atoms with Gasteiger partial charge >= 0.3 is 0 Å². The van der Waals surface area contributed by atoms with Crippen LogP contribution < -0.4 is 10.6 Å². The molecule has 154 valence electrons. The standard InChI is InChI=1S/C17H23FN4O5S/c1-17(11-22(28(3,26)27)10-15(24)21(17)2)16(25)20-9-14(23)19-8-12-6-4-5-7-13(12)18/h4-7H,8-11H2,1-3H3,(H,19,23)(H,20,25)/t17-/m0/s1. The quantitative estimate of drug-likeness (QED) is 0.623. The van der Waals surface area contributed by atoms with Crippen molar-refractivity contribution < 1.29 is 27.2 Å². The van der Waals surface area contributed by atoms with E-state index in [1.54, 1.807) is 6.07 Å². The third kappa shape index (κ3) is 4.84. The lowest BCUT2D eigenvalue weighted by atomic mass is 9.96. The molecule has 0 radical (unpaired) electrons. The second-order valence-electron chi connectivity index (χ2n) is 6.81. The van der Waals surface area contributed by atoms with Gasteiger partial charge in [0, 0.05) is 25.7 Å². The number of benzene rings is 1. The van der Waals surface area contributed by atoms with Crippen LogP contribution in [0.25, 0.3) is 0 Å². The van der Waals surface area contributed by atoms with Crippen LogP contribution in [0.3, 0.4) is 0 Å². The Labute approximate surface area is 162 Å². The fourth-order valence-electron chi connectivity index (χ4n) is 2.75. The molecule has 0 aromatic heterocycles. The zero-order valence-electron chi connectivity index (χ0n) is 15.9. The highest BCUT2D eigenvalue weighted by atomic mass is 32.2. The van der Waals surface area contributed by atoms with Gasteiger partial charge in [-0.15, -0.1) is 0 Å². The molecule has 1 atom stereocenters. The van der Waals surface area contributed by atoms with Crippen molar-refractivity contribution in [2.45, 2.75) is 19.0 Å². The van der Waals surface area contributed by atoms with Gasteiger partial charge in [-0.25, -0.2) is 12.8 Å². The number of rotatable bonds is 6. The topological polar surface area (TPSA) is 116 Å². The average molecular weight is 414 g/mol. The van der Waals surface area contributed by atoms with Crippen molar-refractivity contribution in [3.63, 3.8) is 0 Å². The molecule has 0 bridgehead atoms. The third-order valence-electron chi connectivity index (χ3n) is 4.71. The van der Waals surface area contributed by atoms with Crippen molar-refractivity contribution >= 4 is 27.7 Å². The van der Waals surface area contributed by atoms with E-state index in [4.69, 9.17) is 0 Å². The minimum atomic E-state index is -3.67. The van der Waals surface area contributed by atoms with Gasteiger partial charge in [-0.1, -0.05) is 18.2 Å². The van der Waals surface area contributed by atoms with Gasteiger partial charge in [-0.3, -0.25) is 14.4 Å². The van der Waals surface area contributed by atoms with E-state index in [1.807, 2.05) is 0 Å². The number of hydrogen-bond acceptors (Lipinski definition) is 5. The number of piperazine rings is 1. The van der Waals surface area contributed by atoms with Gasteiger partial charge in [0.05, 0.1) is 19.3 Å². The molecule has 1 heterocycles. The highest BCUT2D eigenvalue weighted by molar-refractivity contribution is 7.88. The van der Waals surface area contributed by atoms with Crippen LogP contribution in [0.1, 0.15) is 12.5 Å². The lowest BCUT2D eigenvalue weighted by molar-refractivity contribution is -0.150. The van der Waals surface area contributed by atoms with Crippen molar-refractivity contribution in [2.24, 2.45) is 0 Å². The van der Waals surface area contributed by atoms with Gasteiger partial charge in [0.25, 0.3) is 0 Å². The van der Waals surface area contributed by atoms with Crippen LogP contribution in [0.5, 0.6) is 0 Å². The fraction of sp³-hybridized carbons (Fsp3) is 0.471. The number of nitrogens with one attached hydrogen (secondary N) is 2. The van der Waals surface area contributed by atoms with Gasteiger partial charge in [-0.2, -0.15) is 4.31 Å². The van der Waals surface area contributed by atoms with E-state index in [0.717, 1.165) is 10.6 Å². The molecule has 0 spiro atoms. The lowest BCUT2D eigenvalue weighted by Gasteiger charge is -2.44. The molecule has 0 unspecified atom stereocenters. The van der Waals surface area contributed by atoms with Crippen molar-refractivity contribution in [3.05, 3.63) is 35.6 Å². The molecule has 0 saturated carbocycles. The van der Waals surface area contributed by atoms with E-state index in [0.29, 0.717) is 5.56 Å². The monoisotopic (exact) mass is 414 g/mol. The van der Waals surface area contributed by atoms with E-state index in [2.05, 4.69) is 10.6 Å². The number of sulfonamides is 1. The average Bonchev–Trinajstić information content (AvgIpc) is 2.62. The lowest BCUT2D eigenvalue weighted by Crippen LogP contribution is -2.68. The van der Waals surface area contributed by atoms with Crippen molar-refractivity contribution in [2.75, 3.05) is 32.9 Å². The van der Waals surface area contributed by atoms with Gasteiger partial charge in [0.1, 0.15) is 11.4 Å². The Bertz CT molecular complexity index is 891. The molecule has 3 amide bonds. The molecule has 2 N–H and O–H groups in total. The van der Waals surface area contributed by atoms with Crippen LogP contribution in [0, 0.1) is 5.82 Å². The Morgan fingerprint density at radius 3 is 2.50 bits per heavy atom. The molecule has 28 heavy (non-hydrogen) atoms. The third-order valence-corrected chi connectivity index (χ3v) is 5.91. The van der Waals surface area contributed by atoms with Gasteiger partial charge in [0.2, 0.25) is 27.7 Å². The van der Waals surface area contributed by atoms with Crippen LogP contribution in [0.15, 0.2) is 24.3 Å². The highest BCUT2D eigenvalue weighted by Gasteiger charge is 2.47. The van der Waals surface area contributed by atoms with Crippen LogP contribution in [-0.4, -0.2) is 73.8 Å². The summed E-state index contributed by atoms with van der Waals surface area (Å²) in [6.07, 6.45) is 0.958. The summed E-state index contributed by atoms with van der Waals surface area (Å²) in [5, 5.41) is 4.89. The zero-order chi connectivity index (χ0) is 21.1. The largest absolute Gasteiger partial charge is 0.350 e. The van der Waals surface area contributed by atoms with Crippen LogP contribution >= 0.6 is 0 Å². The van der Waals surface area contributed by atoms with Crippen LogP contribution in [-0.2, 0) is 31.0 Å². The number of carbonyl (C=O) groups is 3. The highest BCUT2D eigenvalue weighted by Crippen LogP contribution is 2.22. The van der Waals surface area contributed by atoms with Crippen LogP contribution in [0.2, 0.25) is 0 Å². The van der Waals surface area contributed by atoms with Crippen LogP contribution in [0.4, 0.5) is 4.39 Å². The van der Waals surface area contributed by atoms with Gasteiger partial charge in [0.15, 0.2) is 0 Å². The predicted octanol–water partition coefficient (Wildman–Crippen LogP) is -0.950. The van der Waals surface area contributed by atoms with E-state index in [-0.39, 0.29) is 19.6 Å². The number of amides is 3. The maximum Gasteiger partial charge on any atom is 0.247 e. The number of nitrogens with zero attached hydrogens (tertiary/aromatic N) is 2. The Balaban J connectivity index is 1.97. The summed E-state index contributed by atoms with van der Waals surface area (Å²) in [6.45, 7) is 0.412. The zero-order valence-corrected chi connectivity index (χ0v) is 16.7. The Morgan fingerprint density at radius 2 is 1.89 bits per heavy atom. The smallest absolute Gasteiger partial charge is 0.247 e. The SMILES string of the molecule is CN1C(=O)CN(S(C)(=O)=O)C[C@@]1(C)C(=O)NCC(=O)NCc1ccccc1F. The summed E-state index contributed by atoms with van der Waals surface area (Å²) in [7, 11) is -2.27. The number of carbonyl (C=O) groups excluding carboxylic acids is 3. The summed E-state index contributed by atoms with van der Waals surface area (Å²) in [4.78, 5) is 37.9. The maximum atomic E-state index is 13.5. The van der Waals surface area contributed by atoms with Crippen molar-refractivity contribution in [3.8, 4) is 0 Å². The number of halogens is 1. The molecule has 0 aliphatic carbocycles. The molecular formula is C17H23FN4O5S. The molecule has 1 saturated heterocycles. The minimum absolute atomic E-state index is 0.0428. The molecule has 2 rings (SSSR count). The second-order valence-corrected chi connectivity index (χ2v) is 8.79. The number of likely N-dealkylation sites (N-methyl/N-ethyl adjacent to an activating group) is 1. The predicted molar refractivity (Wildman–Crippen MR) is 98.8 cm³/mol. The summed E-state index contributed by atoms with van der Waals surface area (Å²) in [6, 6.07) is 5.96. The first kappa shape index (κ1) is 21.8. The Morgan fingerprint density at radius 1 is 1.25 bits per heavy atom.